The predicted molar refractivity (Wildman–Crippen MR) is 166 cm³/mol. The highest BCUT2D eigenvalue weighted by atomic mass is 32.1. The second-order valence-electron chi connectivity index (χ2n) is 10.9. The van der Waals surface area contributed by atoms with Gasteiger partial charge in [0.25, 0.3) is 5.91 Å². The van der Waals surface area contributed by atoms with Crippen LogP contribution in [0.3, 0.4) is 0 Å². The second-order valence-corrected chi connectivity index (χ2v) is 12.0. The van der Waals surface area contributed by atoms with Gasteiger partial charge in [-0.3, -0.25) is 4.79 Å². The van der Waals surface area contributed by atoms with Crippen LogP contribution in [0.2, 0.25) is 0 Å². The van der Waals surface area contributed by atoms with E-state index >= 15 is 0 Å². The predicted octanol–water partition coefficient (Wildman–Crippen LogP) is 8.40. The van der Waals surface area contributed by atoms with Gasteiger partial charge in [-0.2, -0.15) is 0 Å². The molecule has 0 unspecified atom stereocenters. The van der Waals surface area contributed by atoms with Crippen LogP contribution in [-0.2, 0) is 17.6 Å². The molecule has 0 saturated heterocycles. The molecule has 2 aromatic heterocycles. The number of esters is 1. The third-order valence-electron chi connectivity index (χ3n) is 7.99. The average molecular weight is 561 g/mol. The number of methoxy groups -OCH3 is 1. The number of hydrogen-bond acceptors (Lipinski definition) is 5. The minimum absolute atomic E-state index is 0.271. The van der Waals surface area contributed by atoms with Gasteiger partial charge in [-0.15, -0.1) is 11.3 Å². The standard InChI is InChI=1S/C35H32N2O3S/c1-21(2)22-13-15-24(16-14-22)30-20-28(26-11-7-8-12-29(26)36-30)33(38)37-34-32(35(39)40-3)27-18-17-25(19-31(27)41-34)23-9-5-4-6-10-23/h4-16,20-21,25H,17-19H2,1-3H3,(H,37,38)/t25-/m1/s1. The van der Waals surface area contributed by atoms with E-state index in [-0.39, 0.29) is 5.91 Å². The molecule has 0 aliphatic heterocycles. The summed E-state index contributed by atoms with van der Waals surface area (Å²) in [6.07, 6.45) is 2.54. The first-order valence-electron chi connectivity index (χ1n) is 14.0. The first-order chi connectivity index (χ1) is 19.9. The molecule has 3 aromatic carbocycles. The lowest BCUT2D eigenvalue weighted by Gasteiger charge is -2.22. The normalized spacial score (nSPS) is 14.6. The fourth-order valence-corrected chi connectivity index (χ4v) is 7.03. The summed E-state index contributed by atoms with van der Waals surface area (Å²) in [5.41, 5.74) is 6.96. The zero-order valence-electron chi connectivity index (χ0n) is 23.4. The van der Waals surface area contributed by atoms with Crippen molar-refractivity contribution in [2.24, 2.45) is 0 Å². The number of carbonyl (C=O) groups is 2. The number of rotatable bonds is 6. The van der Waals surface area contributed by atoms with Crippen LogP contribution in [0.1, 0.15) is 74.4 Å². The maximum absolute atomic E-state index is 13.9. The Morgan fingerprint density at radius 1 is 0.976 bits per heavy atom. The Morgan fingerprint density at radius 2 is 1.71 bits per heavy atom. The second kappa shape index (κ2) is 11.3. The molecular formula is C35H32N2O3S. The topological polar surface area (TPSA) is 68.3 Å². The number of nitrogens with one attached hydrogen (secondary N) is 1. The summed E-state index contributed by atoms with van der Waals surface area (Å²) in [5.74, 6) is 0.122. The Bertz CT molecular complexity index is 1740. The molecule has 0 fully saturated rings. The van der Waals surface area contributed by atoms with Gasteiger partial charge in [0.05, 0.1) is 29.4 Å². The molecule has 0 saturated carbocycles. The van der Waals surface area contributed by atoms with Crippen LogP contribution in [0.15, 0.2) is 84.9 Å². The Kier molecular flexibility index (Phi) is 7.41. The quantitative estimate of drug-likeness (QED) is 0.212. The van der Waals surface area contributed by atoms with E-state index in [2.05, 4.69) is 67.7 Å². The van der Waals surface area contributed by atoms with E-state index in [1.54, 1.807) is 0 Å². The molecule has 0 bridgehead atoms. The van der Waals surface area contributed by atoms with Crippen LogP contribution < -0.4 is 5.32 Å². The highest BCUT2D eigenvalue weighted by Gasteiger charge is 2.31. The largest absolute Gasteiger partial charge is 0.465 e. The van der Waals surface area contributed by atoms with Crippen molar-refractivity contribution in [3.63, 3.8) is 0 Å². The van der Waals surface area contributed by atoms with Crippen molar-refractivity contribution < 1.29 is 14.3 Å². The van der Waals surface area contributed by atoms with Gasteiger partial charge in [-0.1, -0.05) is 86.6 Å². The Hall–Kier alpha value is -4.29. The fourth-order valence-electron chi connectivity index (χ4n) is 5.72. The van der Waals surface area contributed by atoms with E-state index < -0.39 is 5.97 Å². The fraction of sp³-hybridized carbons (Fsp3) is 0.229. The van der Waals surface area contributed by atoms with Gasteiger partial charge in [0, 0.05) is 15.8 Å². The number of pyridine rings is 1. The summed E-state index contributed by atoms with van der Waals surface area (Å²) >= 11 is 1.49. The van der Waals surface area contributed by atoms with Crippen molar-refractivity contribution in [1.29, 1.82) is 0 Å². The van der Waals surface area contributed by atoms with Gasteiger partial charge in [-0.05, 0) is 59.9 Å². The van der Waals surface area contributed by atoms with Gasteiger partial charge in [-0.25, -0.2) is 9.78 Å². The van der Waals surface area contributed by atoms with Crippen LogP contribution in [0.4, 0.5) is 5.00 Å². The van der Waals surface area contributed by atoms with Crippen molar-refractivity contribution in [2.45, 2.75) is 44.9 Å². The summed E-state index contributed by atoms with van der Waals surface area (Å²) in [4.78, 5) is 32.9. The van der Waals surface area contributed by atoms with Crippen molar-refractivity contribution in [2.75, 3.05) is 12.4 Å². The molecule has 5 nitrogen and oxygen atoms in total. The molecular weight excluding hydrogens is 528 g/mol. The first-order valence-corrected chi connectivity index (χ1v) is 14.8. The van der Waals surface area contributed by atoms with Crippen LogP contribution >= 0.6 is 11.3 Å². The highest BCUT2D eigenvalue weighted by Crippen LogP contribution is 2.43. The molecule has 2 heterocycles. The summed E-state index contributed by atoms with van der Waals surface area (Å²) < 4.78 is 5.18. The SMILES string of the molecule is COC(=O)c1c(NC(=O)c2cc(-c3ccc(C(C)C)cc3)nc3ccccc23)sc2c1CC[C@@H](c1ccccc1)C2. The maximum atomic E-state index is 13.9. The van der Waals surface area contributed by atoms with Crippen LogP contribution in [0.25, 0.3) is 22.2 Å². The molecule has 206 valence electrons. The third kappa shape index (κ3) is 5.27. The number of carbonyl (C=O) groups excluding carboxylic acids is 2. The Labute approximate surface area is 244 Å². The van der Waals surface area contributed by atoms with E-state index in [1.165, 1.54) is 29.6 Å². The van der Waals surface area contributed by atoms with Crippen LogP contribution in [-0.4, -0.2) is 24.0 Å². The van der Waals surface area contributed by atoms with Crippen molar-refractivity contribution in [3.05, 3.63) is 118 Å². The van der Waals surface area contributed by atoms with Gasteiger partial charge in [0.15, 0.2) is 0 Å². The van der Waals surface area contributed by atoms with Crippen LogP contribution in [0, 0.1) is 0 Å². The van der Waals surface area contributed by atoms with E-state index in [4.69, 9.17) is 9.72 Å². The van der Waals surface area contributed by atoms with E-state index in [0.717, 1.165) is 51.9 Å². The number of thiophene rings is 1. The summed E-state index contributed by atoms with van der Waals surface area (Å²) in [5, 5.41) is 4.41. The molecule has 5 aromatic rings. The minimum atomic E-state index is -0.415. The zero-order chi connectivity index (χ0) is 28.5. The van der Waals surface area contributed by atoms with E-state index in [0.29, 0.717) is 28.0 Å². The number of ether oxygens (including phenoxy) is 1. The maximum Gasteiger partial charge on any atom is 0.341 e. The number of hydrogen-bond donors (Lipinski definition) is 1. The average Bonchev–Trinajstić information content (AvgIpc) is 3.37. The lowest BCUT2D eigenvalue weighted by atomic mass is 9.83. The molecule has 6 heteroatoms. The van der Waals surface area contributed by atoms with Crippen molar-refractivity contribution in [1.82, 2.24) is 4.98 Å². The number of amides is 1. The smallest absolute Gasteiger partial charge is 0.341 e. The highest BCUT2D eigenvalue weighted by molar-refractivity contribution is 7.17. The Morgan fingerprint density at radius 3 is 2.44 bits per heavy atom. The molecule has 1 atom stereocenters. The number of fused-ring (bicyclic) bond motifs is 2. The molecule has 41 heavy (non-hydrogen) atoms. The number of anilines is 1. The monoisotopic (exact) mass is 560 g/mol. The van der Waals surface area contributed by atoms with Gasteiger partial charge < -0.3 is 10.1 Å². The summed E-state index contributed by atoms with van der Waals surface area (Å²) in [6, 6.07) is 28.3. The molecule has 6 rings (SSSR count). The molecule has 1 aliphatic carbocycles. The van der Waals surface area contributed by atoms with Crippen LogP contribution in [0.5, 0.6) is 0 Å². The summed E-state index contributed by atoms with van der Waals surface area (Å²) in [6.45, 7) is 4.33. The number of nitrogens with zero attached hydrogens (tertiary/aromatic N) is 1. The van der Waals surface area contributed by atoms with Gasteiger partial charge >= 0.3 is 5.97 Å². The van der Waals surface area contributed by atoms with Crippen molar-refractivity contribution in [3.8, 4) is 11.3 Å². The van der Waals surface area contributed by atoms with Gasteiger partial charge in [0.2, 0.25) is 0 Å². The van der Waals surface area contributed by atoms with E-state index in [9.17, 15) is 9.59 Å². The molecule has 1 amide bonds. The van der Waals surface area contributed by atoms with Crippen molar-refractivity contribution >= 4 is 39.1 Å². The molecule has 0 radical (unpaired) electrons. The first kappa shape index (κ1) is 26.9. The molecule has 0 spiro atoms. The van der Waals surface area contributed by atoms with Gasteiger partial charge in [0.1, 0.15) is 5.00 Å². The molecule has 1 N–H and O–H groups in total. The minimum Gasteiger partial charge on any atom is -0.465 e. The third-order valence-corrected chi connectivity index (χ3v) is 9.16. The Balaban J connectivity index is 1.37. The number of para-hydroxylation sites is 1. The summed E-state index contributed by atoms with van der Waals surface area (Å²) in [7, 11) is 1.39. The molecule has 1 aliphatic rings. The lowest BCUT2D eigenvalue weighted by Crippen LogP contribution is -2.16. The number of benzene rings is 3. The lowest BCUT2D eigenvalue weighted by molar-refractivity contribution is 0.0601. The van der Waals surface area contributed by atoms with E-state index in [1.807, 2.05) is 36.4 Å². The zero-order valence-corrected chi connectivity index (χ0v) is 24.3. The number of aromatic nitrogens is 1.